The van der Waals surface area contributed by atoms with Gasteiger partial charge in [-0.05, 0) is 31.5 Å². The molecule has 0 atom stereocenters. The van der Waals surface area contributed by atoms with Crippen LogP contribution in [0, 0.1) is 19.8 Å². The lowest BCUT2D eigenvalue weighted by molar-refractivity contribution is 0.0803. The van der Waals surface area contributed by atoms with E-state index in [4.69, 9.17) is 0 Å². The van der Waals surface area contributed by atoms with Crippen molar-refractivity contribution in [1.29, 1.82) is 0 Å². The molecule has 1 aliphatic heterocycles. The van der Waals surface area contributed by atoms with E-state index in [-0.39, 0.29) is 0 Å². The van der Waals surface area contributed by atoms with Crippen LogP contribution in [0.25, 0.3) is 11.4 Å². The zero-order valence-electron chi connectivity index (χ0n) is 14.9. The zero-order valence-corrected chi connectivity index (χ0v) is 14.9. The summed E-state index contributed by atoms with van der Waals surface area (Å²) in [7, 11) is 0. The van der Waals surface area contributed by atoms with Gasteiger partial charge in [0, 0.05) is 61.9 Å². The molecular weight excluding hydrogens is 308 g/mol. The molecule has 4 rings (SSSR count). The van der Waals surface area contributed by atoms with Gasteiger partial charge in [0.05, 0.1) is 0 Å². The summed E-state index contributed by atoms with van der Waals surface area (Å²) in [5.41, 5.74) is 5.11. The summed E-state index contributed by atoms with van der Waals surface area (Å²) in [4.78, 5) is 11.2. The first-order valence-corrected chi connectivity index (χ1v) is 8.89. The highest BCUT2D eigenvalue weighted by molar-refractivity contribution is 5.55. The maximum atomic E-state index is 4.62. The van der Waals surface area contributed by atoms with Gasteiger partial charge in [-0.15, -0.1) is 0 Å². The van der Waals surface area contributed by atoms with Gasteiger partial charge < -0.3 is 4.57 Å². The van der Waals surface area contributed by atoms with Gasteiger partial charge in [0.1, 0.15) is 5.82 Å². The summed E-state index contributed by atoms with van der Waals surface area (Å²) in [6.45, 7) is 8.69. The molecule has 4 nitrogen and oxygen atoms in total. The Balaban J connectivity index is 1.39. The predicted molar refractivity (Wildman–Crippen MR) is 100 cm³/mol. The van der Waals surface area contributed by atoms with Crippen molar-refractivity contribution in [2.45, 2.75) is 26.9 Å². The van der Waals surface area contributed by atoms with Crippen LogP contribution in [-0.4, -0.2) is 32.5 Å². The minimum Gasteiger partial charge on any atom is -0.328 e. The van der Waals surface area contributed by atoms with E-state index < -0.39 is 0 Å². The number of pyridine rings is 1. The third-order valence-electron chi connectivity index (χ3n) is 4.96. The molecule has 1 fully saturated rings. The standard InChI is InChI=1S/C21H24N4/c1-16-4-3-5-18(10-16)12-24-13-19(14-24)15-25-17(2)11-23-21(25)20-6-8-22-9-7-20/h3-11,19H,12-15H2,1-2H3. The molecule has 0 radical (unpaired) electrons. The summed E-state index contributed by atoms with van der Waals surface area (Å²) in [6, 6.07) is 12.9. The highest BCUT2D eigenvalue weighted by Crippen LogP contribution is 2.25. The Morgan fingerprint density at radius 1 is 1.08 bits per heavy atom. The molecule has 0 bridgehead atoms. The maximum Gasteiger partial charge on any atom is 0.140 e. The monoisotopic (exact) mass is 332 g/mol. The topological polar surface area (TPSA) is 34.0 Å². The number of rotatable bonds is 5. The van der Waals surface area contributed by atoms with E-state index in [1.54, 1.807) is 0 Å². The lowest BCUT2D eigenvalue weighted by atomic mass is 9.98. The third kappa shape index (κ3) is 3.49. The van der Waals surface area contributed by atoms with Crippen molar-refractivity contribution in [1.82, 2.24) is 19.4 Å². The van der Waals surface area contributed by atoms with Crippen LogP contribution < -0.4 is 0 Å². The van der Waals surface area contributed by atoms with Crippen molar-refractivity contribution >= 4 is 0 Å². The lowest BCUT2D eigenvalue weighted by Crippen LogP contribution is -2.47. The largest absolute Gasteiger partial charge is 0.328 e. The fourth-order valence-electron chi connectivity index (χ4n) is 3.67. The molecule has 25 heavy (non-hydrogen) atoms. The molecule has 4 heteroatoms. The van der Waals surface area contributed by atoms with Crippen LogP contribution in [0.4, 0.5) is 0 Å². The van der Waals surface area contributed by atoms with E-state index in [9.17, 15) is 0 Å². The molecule has 1 aliphatic rings. The van der Waals surface area contributed by atoms with Crippen LogP contribution in [-0.2, 0) is 13.1 Å². The SMILES string of the molecule is Cc1cccc(CN2CC(Cn3c(C)cnc3-c3ccncc3)C2)c1. The zero-order chi connectivity index (χ0) is 17.2. The van der Waals surface area contributed by atoms with Gasteiger partial charge in [-0.1, -0.05) is 29.8 Å². The molecule has 1 saturated heterocycles. The molecule has 128 valence electrons. The molecule has 0 amide bonds. The number of likely N-dealkylation sites (tertiary alicyclic amines) is 1. The van der Waals surface area contributed by atoms with E-state index in [1.165, 1.54) is 16.8 Å². The van der Waals surface area contributed by atoms with Gasteiger partial charge in [-0.3, -0.25) is 9.88 Å². The average molecular weight is 332 g/mol. The lowest BCUT2D eigenvalue weighted by Gasteiger charge is -2.40. The van der Waals surface area contributed by atoms with Crippen LogP contribution in [0.1, 0.15) is 16.8 Å². The molecule has 0 aliphatic carbocycles. The molecule has 0 N–H and O–H groups in total. The van der Waals surface area contributed by atoms with Crippen molar-refractivity contribution < 1.29 is 0 Å². The van der Waals surface area contributed by atoms with Gasteiger partial charge in [0.25, 0.3) is 0 Å². The quantitative estimate of drug-likeness (QED) is 0.714. The Bertz CT molecular complexity index is 847. The van der Waals surface area contributed by atoms with Crippen LogP contribution in [0.2, 0.25) is 0 Å². The molecular formula is C21H24N4. The van der Waals surface area contributed by atoms with E-state index >= 15 is 0 Å². The van der Waals surface area contributed by atoms with E-state index in [2.05, 4.69) is 57.5 Å². The number of benzene rings is 1. The Hall–Kier alpha value is -2.46. The fourth-order valence-corrected chi connectivity index (χ4v) is 3.67. The van der Waals surface area contributed by atoms with Crippen LogP contribution in [0.3, 0.4) is 0 Å². The molecule has 0 saturated carbocycles. The first-order valence-electron chi connectivity index (χ1n) is 8.89. The Morgan fingerprint density at radius 2 is 1.88 bits per heavy atom. The molecule has 3 heterocycles. The summed E-state index contributed by atoms with van der Waals surface area (Å²) in [6.07, 6.45) is 5.63. The maximum absolute atomic E-state index is 4.62. The molecule has 1 aromatic carbocycles. The molecule has 0 spiro atoms. The molecule has 2 aromatic heterocycles. The van der Waals surface area contributed by atoms with Gasteiger partial charge in [0.2, 0.25) is 0 Å². The number of aromatic nitrogens is 3. The van der Waals surface area contributed by atoms with Gasteiger partial charge in [-0.25, -0.2) is 4.98 Å². The summed E-state index contributed by atoms with van der Waals surface area (Å²) in [5.74, 6) is 1.75. The van der Waals surface area contributed by atoms with Gasteiger partial charge >= 0.3 is 0 Å². The Labute approximate surface area is 149 Å². The van der Waals surface area contributed by atoms with Crippen LogP contribution in [0.5, 0.6) is 0 Å². The fraction of sp³-hybridized carbons (Fsp3) is 0.333. The number of aryl methyl sites for hydroxylation is 2. The first kappa shape index (κ1) is 16.0. The van der Waals surface area contributed by atoms with E-state index in [1.807, 2.05) is 30.7 Å². The van der Waals surface area contributed by atoms with Crippen molar-refractivity contribution in [3.05, 3.63) is 71.8 Å². The Morgan fingerprint density at radius 3 is 2.64 bits per heavy atom. The summed E-state index contributed by atoms with van der Waals surface area (Å²) >= 11 is 0. The minimum absolute atomic E-state index is 0.693. The van der Waals surface area contributed by atoms with Crippen molar-refractivity contribution in [2.75, 3.05) is 13.1 Å². The van der Waals surface area contributed by atoms with Crippen LogP contribution >= 0.6 is 0 Å². The van der Waals surface area contributed by atoms with Crippen molar-refractivity contribution in [3.63, 3.8) is 0 Å². The number of nitrogens with zero attached hydrogens (tertiary/aromatic N) is 4. The minimum atomic E-state index is 0.693. The summed E-state index contributed by atoms with van der Waals surface area (Å²) in [5, 5.41) is 0. The van der Waals surface area contributed by atoms with E-state index in [0.717, 1.165) is 37.6 Å². The second-order valence-corrected chi connectivity index (χ2v) is 7.12. The number of hydrogen-bond acceptors (Lipinski definition) is 3. The highest BCUT2D eigenvalue weighted by Gasteiger charge is 2.28. The second-order valence-electron chi connectivity index (χ2n) is 7.12. The molecule has 3 aromatic rings. The first-order chi connectivity index (χ1) is 12.2. The average Bonchev–Trinajstić information content (AvgIpc) is 2.94. The highest BCUT2D eigenvalue weighted by atomic mass is 15.2. The smallest absolute Gasteiger partial charge is 0.140 e. The summed E-state index contributed by atoms with van der Waals surface area (Å²) < 4.78 is 2.35. The van der Waals surface area contributed by atoms with E-state index in [0.29, 0.717) is 5.92 Å². The second kappa shape index (κ2) is 6.81. The number of hydrogen-bond donors (Lipinski definition) is 0. The van der Waals surface area contributed by atoms with Gasteiger partial charge in [-0.2, -0.15) is 0 Å². The third-order valence-corrected chi connectivity index (χ3v) is 4.96. The van der Waals surface area contributed by atoms with Crippen molar-refractivity contribution in [3.8, 4) is 11.4 Å². The van der Waals surface area contributed by atoms with Crippen molar-refractivity contribution in [2.24, 2.45) is 5.92 Å². The molecule has 0 unspecified atom stereocenters. The predicted octanol–water partition coefficient (Wildman–Crippen LogP) is 3.69. The normalized spacial score (nSPS) is 15.3. The number of imidazole rings is 1. The van der Waals surface area contributed by atoms with Crippen LogP contribution in [0.15, 0.2) is 55.0 Å². The Kier molecular flexibility index (Phi) is 4.36. The van der Waals surface area contributed by atoms with Gasteiger partial charge in [0.15, 0.2) is 0 Å².